The van der Waals surface area contributed by atoms with Crippen molar-refractivity contribution in [1.82, 2.24) is 19.9 Å². The van der Waals surface area contributed by atoms with E-state index in [0.29, 0.717) is 11.7 Å². The molecular formula is C27H42N10OS. The average molecular weight is 555 g/mol. The molecule has 11 nitrogen and oxygen atoms in total. The van der Waals surface area contributed by atoms with E-state index in [1.54, 1.807) is 0 Å². The summed E-state index contributed by atoms with van der Waals surface area (Å²) in [6.45, 7) is 10.6. The lowest BCUT2D eigenvalue weighted by atomic mass is 10.3. The van der Waals surface area contributed by atoms with Crippen LogP contribution in [-0.2, 0) is 4.74 Å². The zero-order chi connectivity index (χ0) is 27.0. The van der Waals surface area contributed by atoms with Crippen LogP contribution in [0.2, 0.25) is 0 Å². The molecule has 3 aliphatic rings. The summed E-state index contributed by atoms with van der Waals surface area (Å²) in [4.78, 5) is 25.6. The lowest BCUT2D eigenvalue weighted by Gasteiger charge is -2.29. The molecule has 0 amide bonds. The van der Waals surface area contributed by atoms with Gasteiger partial charge in [0.1, 0.15) is 17.5 Å². The molecule has 0 saturated carbocycles. The van der Waals surface area contributed by atoms with Crippen molar-refractivity contribution in [1.29, 1.82) is 0 Å². The van der Waals surface area contributed by atoms with Crippen molar-refractivity contribution in [3.8, 4) is 0 Å². The first kappa shape index (κ1) is 27.6. The minimum absolute atomic E-state index is 0.354. The molecule has 5 heterocycles. The number of anilines is 5. The van der Waals surface area contributed by atoms with Gasteiger partial charge in [-0.1, -0.05) is 0 Å². The predicted molar refractivity (Wildman–Crippen MR) is 162 cm³/mol. The third-order valence-electron chi connectivity index (χ3n) is 7.67. The normalized spacial score (nSPS) is 17.7. The molecule has 3 N–H and O–H groups in total. The molecule has 5 rings (SSSR count). The predicted octanol–water partition coefficient (Wildman–Crippen LogP) is 2.00. The molecule has 3 saturated heterocycles. The van der Waals surface area contributed by atoms with E-state index in [1.807, 2.05) is 23.2 Å². The van der Waals surface area contributed by atoms with Crippen LogP contribution in [0.4, 0.5) is 29.1 Å². The first-order chi connectivity index (χ1) is 19.1. The molecule has 212 valence electrons. The maximum atomic E-state index is 6.09. The number of hydrogen-bond acceptors (Lipinski definition) is 10. The van der Waals surface area contributed by atoms with E-state index in [0.717, 1.165) is 101 Å². The van der Waals surface area contributed by atoms with E-state index < -0.39 is 0 Å². The quantitative estimate of drug-likeness (QED) is 0.397. The lowest BCUT2D eigenvalue weighted by molar-refractivity contribution is 0.122. The van der Waals surface area contributed by atoms with Gasteiger partial charge in [-0.2, -0.15) is 9.97 Å². The fraction of sp³-hybridized carbons (Fsp3) is 0.630. The van der Waals surface area contributed by atoms with Crippen LogP contribution in [-0.4, -0.2) is 111 Å². The maximum absolute atomic E-state index is 6.09. The van der Waals surface area contributed by atoms with Crippen LogP contribution in [0.25, 0.3) is 0 Å². The highest BCUT2D eigenvalue weighted by Gasteiger charge is 2.21. The Balaban J connectivity index is 1.13. The van der Waals surface area contributed by atoms with Gasteiger partial charge in [-0.3, -0.25) is 0 Å². The Bertz CT molecular complexity index is 1030. The standard InChI is InChI=1S/C27H42N10OS/c1-33(14-15-37(26(28)39)22-6-7-24(30-21-22)35-16-18-38-19-17-35)13-8-29-23-20-25(34-9-2-3-10-34)32-27(31-23)36-11-4-5-12-36/h6-7,20-21H,2-5,8-19H2,1H3,(H2,28,39)(H,29,31,32). The SMILES string of the molecule is CN(CCNc1cc(N2CCCC2)nc(N2CCCC2)n1)CCN(C(N)=S)c1ccc(N2CCOCC2)nc1. The highest BCUT2D eigenvalue weighted by Crippen LogP contribution is 2.25. The molecule has 3 fully saturated rings. The number of thiocarbonyl (C=S) groups is 1. The smallest absolute Gasteiger partial charge is 0.229 e. The molecule has 0 aromatic carbocycles. The second kappa shape index (κ2) is 13.4. The third kappa shape index (κ3) is 7.37. The Morgan fingerprint density at radius 1 is 0.923 bits per heavy atom. The average Bonchev–Trinajstić information content (AvgIpc) is 3.69. The molecule has 0 spiro atoms. The minimum Gasteiger partial charge on any atom is -0.378 e. The van der Waals surface area contributed by atoms with Crippen LogP contribution >= 0.6 is 12.2 Å². The molecule has 0 aliphatic carbocycles. The van der Waals surface area contributed by atoms with E-state index in [2.05, 4.69) is 43.0 Å². The molecule has 3 aliphatic heterocycles. The number of rotatable bonds is 11. The maximum Gasteiger partial charge on any atom is 0.229 e. The van der Waals surface area contributed by atoms with Crippen molar-refractivity contribution in [2.45, 2.75) is 25.7 Å². The number of hydrogen-bond donors (Lipinski definition) is 2. The Kier molecular flexibility index (Phi) is 9.49. The monoisotopic (exact) mass is 554 g/mol. The molecule has 2 aromatic heterocycles. The van der Waals surface area contributed by atoms with Gasteiger partial charge in [0.25, 0.3) is 0 Å². The lowest BCUT2D eigenvalue weighted by Crippen LogP contribution is -2.41. The Hall–Kier alpha value is -2.96. The fourth-order valence-electron chi connectivity index (χ4n) is 5.32. The van der Waals surface area contributed by atoms with Gasteiger partial charge >= 0.3 is 0 Å². The van der Waals surface area contributed by atoms with E-state index >= 15 is 0 Å². The molecule has 2 aromatic rings. The number of morpholine rings is 1. The van der Waals surface area contributed by atoms with Gasteiger partial charge in [0.05, 0.1) is 25.1 Å². The summed E-state index contributed by atoms with van der Waals surface area (Å²) in [6.07, 6.45) is 6.74. The Morgan fingerprint density at radius 2 is 1.62 bits per heavy atom. The molecule has 0 unspecified atom stereocenters. The minimum atomic E-state index is 0.354. The number of nitrogens with one attached hydrogen (secondary N) is 1. The largest absolute Gasteiger partial charge is 0.378 e. The molecule has 12 heteroatoms. The van der Waals surface area contributed by atoms with Crippen LogP contribution in [0.3, 0.4) is 0 Å². The van der Waals surface area contributed by atoms with Crippen LogP contribution in [0.15, 0.2) is 24.4 Å². The highest BCUT2D eigenvalue weighted by atomic mass is 32.1. The van der Waals surface area contributed by atoms with Crippen LogP contribution in [0, 0.1) is 0 Å². The summed E-state index contributed by atoms with van der Waals surface area (Å²) in [5, 5.41) is 3.90. The first-order valence-corrected chi connectivity index (χ1v) is 14.6. The van der Waals surface area contributed by atoms with Gasteiger partial charge in [-0.15, -0.1) is 0 Å². The van der Waals surface area contributed by atoms with Crippen molar-refractivity contribution in [2.24, 2.45) is 5.73 Å². The second-order valence-electron chi connectivity index (χ2n) is 10.5. The van der Waals surface area contributed by atoms with E-state index in [1.165, 1.54) is 25.7 Å². The second-order valence-corrected chi connectivity index (χ2v) is 10.9. The van der Waals surface area contributed by atoms with E-state index in [4.69, 9.17) is 32.7 Å². The zero-order valence-electron chi connectivity index (χ0n) is 23.1. The summed E-state index contributed by atoms with van der Waals surface area (Å²) in [5.41, 5.74) is 7.01. The summed E-state index contributed by atoms with van der Waals surface area (Å²) >= 11 is 5.37. The van der Waals surface area contributed by atoms with E-state index in [-0.39, 0.29) is 0 Å². The summed E-state index contributed by atoms with van der Waals surface area (Å²) in [6, 6.07) is 6.19. The van der Waals surface area contributed by atoms with Gasteiger partial charge in [0, 0.05) is 71.5 Å². The van der Waals surface area contributed by atoms with Crippen LogP contribution in [0.1, 0.15) is 25.7 Å². The number of likely N-dealkylation sites (N-methyl/N-ethyl adjacent to an activating group) is 1. The van der Waals surface area contributed by atoms with Gasteiger partial charge in [0.15, 0.2) is 5.11 Å². The molecule has 0 atom stereocenters. The van der Waals surface area contributed by atoms with Gasteiger partial charge in [-0.05, 0) is 57.1 Å². The summed E-state index contributed by atoms with van der Waals surface area (Å²) in [5.74, 6) is 3.76. The fourth-order valence-corrected chi connectivity index (χ4v) is 5.52. The number of pyridine rings is 1. The van der Waals surface area contributed by atoms with Crippen molar-refractivity contribution in [3.05, 3.63) is 24.4 Å². The van der Waals surface area contributed by atoms with Gasteiger partial charge in [-0.25, -0.2) is 4.98 Å². The van der Waals surface area contributed by atoms with Gasteiger partial charge in [0.2, 0.25) is 5.95 Å². The summed E-state index contributed by atoms with van der Waals surface area (Å²) < 4.78 is 5.44. The molecular weight excluding hydrogens is 512 g/mol. The topological polar surface area (TPSA) is 102 Å². The van der Waals surface area contributed by atoms with Gasteiger partial charge < -0.3 is 40.3 Å². The molecule has 0 bridgehead atoms. The third-order valence-corrected chi connectivity index (χ3v) is 7.89. The van der Waals surface area contributed by atoms with Crippen molar-refractivity contribution < 1.29 is 4.74 Å². The summed E-state index contributed by atoms with van der Waals surface area (Å²) in [7, 11) is 2.12. The van der Waals surface area contributed by atoms with Crippen molar-refractivity contribution >= 4 is 46.4 Å². The van der Waals surface area contributed by atoms with Crippen LogP contribution < -0.4 is 30.7 Å². The van der Waals surface area contributed by atoms with Crippen molar-refractivity contribution in [2.75, 3.05) is 111 Å². The van der Waals surface area contributed by atoms with E-state index in [9.17, 15) is 0 Å². The molecule has 0 radical (unpaired) electrons. The number of nitrogens with two attached hydrogens (primary N) is 1. The van der Waals surface area contributed by atoms with Crippen molar-refractivity contribution in [3.63, 3.8) is 0 Å². The first-order valence-electron chi connectivity index (χ1n) is 14.2. The Labute approximate surface area is 237 Å². The Morgan fingerprint density at radius 3 is 2.28 bits per heavy atom. The number of ether oxygens (including phenoxy) is 1. The molecule has 39 heavy (non-hydrogen) atoms. The zero-order valence-corrected chi connectivity index (χ0v) is 23.9. The highest BCUT2D eigenvalue weighted by molar-refractivity contribution is 7.80. The van der Waals surface area contributed by atoms with Crippen LogP contribution in [0.5, 0.6) is 0 Å². The number of aromatic nitrogens is 3. The number of nitrogens with zero attached hydrogens (tertiary/aromatic N) is 8.